The van der Waals surface area contributed by atoms with Crippen molar-refractivity contribution in [3.8, 4) is 0 Å². The Balaban J connectivity index is 2.97. The number of hydrogen-bond acceptors (Lipinski definition) is 3. The summed E-state index contributed by atoms with van der Waals surface area (Å²) in [5.74, 6) is -0.264. The fraction of sp³-hybridized carbons (Fsp3) is 0. The minimum Gasteiger partial charge on any atom is -0.383 e. The molecular weight excluding hydrogens is 237 g/mol. The van der Waals surface area contributed by atoms with E-state index in [1.165, 1.54) is 6.33 Å². The summed E-state index contributed by atoms with van der Waals surface area (Å²) >= 11 is 3.06. The molecule has 0 fully saturated rings. The van der Waals surface area contributed by atoms with Gasteiger partial charge in [0.05, 0.1) is 15.4 Å². The second-order valence-electron chi connectivity index (χ2n) is 2.51. The number of hydrogen-bond donors (Lipinski definition) is 1. The zero-order valence-corrected chi connectivity index (χ0v) is 8.05. The molecule has 2 N–H and O–H groups in total. The van der Waals surface area contributed by atoms with E-state index in [1.54, 1.807) is 12.1 Å². The van der Waals surface area contributed by atoms with Crippen LogP contribution in [0.5, 0.6) is 0 Å². The number of anilines is 1. The molecule has 0 saturated carbocycles. The predicted octanol–water partition coefficient (Wildman–Crippen LogP) is 2.11. The van der Waals surface area contributed by atoms with Crippen molar-refractivity contribution in [2.45, 2.75) is 0 Å². The molecule has 3 nitrogen and oxygen atoms in total. The average molecular weight is 242 g/mol. The molecule has 1 heterocycles. The maximum atomic E-state index is 13.5. The lowest BCUT2D eigenvalue weighted by Gasteiger charge is -2.02. The van der Waals surface area contributed by atoms with Gasteiger partial charge in [-0.3, -0.25) is 0 Å². The molecule has 1 aromatic carbocycles. The van der Waals surface area contributed by atoms with Crippen LogP contribution in [0.15, 0.2) is 22.9 Å². The highest BCUT2D eigenvalue weighted by Crippen LogP contribution is 2.26. The van der Waals surface area contributed by atoms with E-state index in [2.05, 4.69) is 25.9 Å². The Labute approximate surface area is 81.9 Å². The van der Waals surface area contributed by atoms with Gasteiger partial charge in [0.1, 0.15) is 18.0 Å². The van der Waals surface area contributed by atoms with Crippen molar-refractivity contribution < 1.29 is 4.39 Å². The number of nitrogen functional groups attached to an aromatic ring is 1. The normalized spacial score (nSPS) is 10.6. The van der Waals surface area contributed by atoms with Gasteiger partial charge in [0.15, 0.2) is 0 Å². The van der Waals surface area contributed by atoms with Gasteiger partial charge < -0.3 is 5.73 Å². The third kappa shape index (κ3) is 1.25. The Hall–Kier alpha value is -1.23. The lowest BCUT2D eigenvalue weighted by molar-refractivity contribution is 0.633. The molecule has 0 radical (unpaired) electrons. The second kappa shape index (κ2) is 2.92. The minimum absolute atomic E-state index is 0.156. The van der Waals surface area contributed by atoms with Crippen LogP contribution in [0.3, 0.4) is 0 Å². The Morgan fingerprint density at radius 2 is 2.08 bits per heavy atom. The van der Waals surface area contributed by atoms with Crippen molar-refractivity contribution in [1.82, 2.24) is 9.97 Å². The highest BCUT2D eigenvalue weighted by atomic mass is 79.9. The molecule has 0 atom stereocenters. The fourth-order valence-electron chi connectivity index (χ4n) is 1.11. The van der Waals surface area contributed by atoms with Crippen molar-refractivity contribution in [2.24, 2.45) is 0 Å². The molecule has 0 aliphatic heterocycles. The molecule has 13 heavy (non-hydrogen) atoms. The van der Waals surface area contributed by atoms with E-state index < -0.39 is 5.82 Å². The van der Waals surface area contributed by atoms with E-state index in [0.29, 0.717) is 9.99 Å². The van der Waals surface area contributed by atoms with E-state index in [1.807, 2.05) is 0 Å². The van der Waals surface area contributed by atoms with Gasteiger partial charge in [-0.2, -0.15) is 0 Å². The first-order valence-corrected chi connectivity index (χ1v) is 4.33. The average Bonchev–Trinajstić information content (AvgIpc) is 2.12. The van der Waals surface area contributed by atoms with Gasteiger partial charge in [-0.1, -0.05) is 0 Å². The van der Waals surface area contributed by atoms with Gasteiger partial charge in [-0.15, -0.1) is 0 Å². The number of halogens is 2. The molecule has 0 aliphatic rings. The Morgan fingerprint density at radius 3 is 2.85 bits per heavy atom. The van der Waals surface area contributed by atoms with Gasteiger partial charge in [0.25, 0.3) is 0 Å². The van der Waals surface area contributed by atoms with Crippen LogP contribution in [0.2, 0.25) is 0 Å². The third-order valence-corrected chi connectivity index (χ3v) is 2.34. The quantitative estimate of drug-likeness (QED) is 0.769. The van der Waals surface area contributed by atoms with Crippen LogP contribution < -0.4 is 5.73 Å². The van der Waals surface area contributed by atoms with Crippen LogP contribution in [0.25, 0.3) is 10.9 Å². The predicted molar refractivity (Wildman–Crippen MR) is 51.6 cm³/mol. The largest absolute Gasteiger partial charge is 0.383 e. The number of benzene rings is 1. The molecule has 0 bridgehead atoms. The molecular formula is C8H5BrFN3. The molecule has 5 heteroatoms. The summed E-state index contributed by atoms with van der Waals surface area (Å²) in [6.07, 6.45) is 1.31. The van der Waals surface area contributed by atoms with E-state index in [-0.39, 0.29) is 11.2 Å². The van der Waals surface area contributed by atoms with Gasteiger partial charge >= 0.3 is 0 Å². The molecule has 0 saturated heterocycles. The Kier molecular flexibility index (Phi) is 1.88. The maximum absolute atomic E-state index is 13.5. The number of nitrogens with two attached hydrogens (primary N) is 1. The third-order valence-electron chi connectivity index (χ3n) is 1.72. The second-order valence-corrected chi connectivity index (χ2v) is 3.37. The summed E-state index contributed by atoms with van der Waals surface area (Å²) in [6, 6.07) is 3.27. The highest BCUT2D eigenvalue weighted by Gasteiger charge is 2.09. The SMILES string of the molecule is Nc1ncnc2ccc(Br)c(F)c12. The topological polar surface area (TPSA) is 51.8 Å². The summed E-state index contributed by atoms with van der Waals surface area (Å²) in [6.45, 7) is 0. The number of fused-ring (bicyclic) bond motifs is 1. The standard InChI is InChI=1S/C8H5BrFN3/c9-4-1-2-5-6(7(4)10)8(11)13-3-12-5/h1-3H,(H2,11,12,13). The number of rotatable bonds is 0. The summed E-state index contributed by atoms with van der Waals surface area (Å²) in [4.78, 5) is 7.61. The smallest absolute Gasteiger partial charge is 0.150 e. The summed E-state index contributed by atoms with van der Waals surface area (Å²) in [7, 11) is 0. The van der Waals surface area contributed by atoms with Gasteiger partial charge in [0.2, 0.25) is 0 Å². The van der Waals surface area contributed by atoms with E-state index in [4.69, 9.17) is 5.73 Å². The van der Waals surface area contributed by atoms with Gasteiger partial charge in [0, 0.05) is 0 Å². The monoisotopic (exact) mass is 241 g/mol. The molecule has 0 spiro atoms. The van der Waals surface area contributed by atoms with Crippen LogP contribution in [-0.2, 0) is 0 Å². The maximum Gasteiger partial charge on any atom is 0.150 e. The lowest BCUT2D eigenvalue weighted by atomic mass is 10.2. The minimum atomic E-state index is -0.421. The fourth-order valence-corrected chi connectivity index (χ4v) is 1.44. The van der Waals surface area contributed by atoms with Crippen LogP contribution in [-0.4, -0.2) is 9.97 Å². The molecule has 2 rings (SSSR count). The van der Waals surface area contributed by atoms with Crippen molar-refractivity contribution >= 4 is 32.7 Å². The summed E-state index contributed by atoms with van der Waals surface area (Å²) in [5.41, 5.74) is 6.02. The van der Waals surface area contributed by atoms with E-state index in [0.717, 1.165) is 0 Å². The molecule has 0 aliphatic carbocycles. The van der Waals surface area contributed by atoms with Crippen LogP contribution >= 0.6 is 15.9 Å². The van der Waals surface area contributed by atoms with Crippen molar-refractivity contribution in [2.75, 3.05) is 5.73 Å². The molecule has 66 valence electrons. The van der Waals surface area contributed by atoms with Crippen molar-refractivity contribution in [3.05, 3.63) is 28.7 Å². The first kappa shape index (κ1) is 8.37. The number of nitrogens with zero attached hydrogens (tertiary/aromatic N) is 2. The number of aromatic nitrogens is 2. The van der Waals surface area contributed by atoms with E-state index in [9.17, 15) is 4.39 Å². The Morgan fingerprint density at radius 1 is 1.31 bits per heavy atom. The van der Waals surface area contributed by atoms with Crippen molar-refractivity contribution in [3.63, 3.8) is 0 Å². The summed E-state index contributed by atoms with van der Waals surface area (Å²) < 4.78 is 13.8. The first-order chi connectivity index (χ1) is 6.20. The highest BCUT2D eigenvalue weighted by molar-refractivity contribution is 9.10. The zero-order valence-electron chi connectivity index (χ0n) is 6.46. The van der Waals surface area contributed by atoms with Gasteiger partial charge in [-0.05, 0) is 28.1 Å². The van der Waals surface area contributed by atoms with Crippen LogP contribution in [0, 0.1) is 5.82 Å². The first-order valence-electron chi connectivity index (χ1n) is 3.54. The molecule has 2 aromatic rings. The molecule has 1 aromatic heterocycles. The molecule has 0 amide bonds. The van der Waals surface area contributed by atoms with E-state index >= 15 is 0 Å². The zero-order chi connectivity index (χ0) is 9.42. The van der Waals surface area contributed by atoms with Crippen molar-refractivity contribution in [1.29, 1.82) is 0 Å². The Bertz CT molecular complexity index is 472. The lowest BCUT2D eigenvalue weighted by Crippen LogP contribution is -1.95. The van der Waals surface area contributed by atoms with Crippen LogP contribution in [0.1, 0.15) is 0 Å². The molecule has 0 unspecified atom stereocenters. The summed E-state index contributed by atoms with van der Waals surface area (Å²) in [5, 5.41) is 0.261. The van der Waals surface area contributed by atoms with Gasteiger partial charge in [-0.25, -0.2) is 14.4 Å². The van der Waals surface area contributed by atoms with Crippen LogP contribution in [0.4, 0.5) is 10.2 Å².